The van der Waals surface area contributed by atoms with E-state index in [2.05, 4.69) is 17.9 Å². The van der Waals surface area contributed by atoms with E-state index in [4.69, 9.17) is 0 Å². The summed E-state index contributed by atoms with van der Waals surface area (Å²) in [5.41, 5.74) is 1.61. The van der Waals surface area contributed by atoms with Gasteiger partial charge in [0.2, 0.25) is 0 Å². The third-order valence-corrected chi connectivity index (χ3v) is 6.59. The summed E-state index contributed by atoms with van der Waals surface area (Å²) in [5.74, 6) is -0.466. The topological polar surface area (TPSA) is 52.6 Å². The number of rotatable bonds is 4. The normalized spacial score (nSPS) is 21.5. The second-order valence-corrected chi connectivity index (χ2v) is 9.02. The standard InChI is InChI=1S/C27H21F3N2O2S/c28-27(29,30)24-15-19(13-14-31-24)18-7-5-17(6-8-18)16-32-23-4-2-1-3-22(23)26(34,25(32)33)20-9-11-21(35)12-10-20/h1-15,24,31,34-35H,16H2. The molecular formula is C27H21F3N2O2S. The maximum Gasteiger partial charge on any atom is 0.412 e. The average Bonchev–Trinajstić information content (AvgIpc) is 3.07. The summed E-state index contributed by atoms with van der Waals surface area (Å²) < 4.78 is 39.2. The predicted molar refractivity (Wildman–Crippen MR) is 131 cm³/mol. The number of anilines is 1. The highest BCUT2D eigenvalue weighted by Gasteiger charge is 2.50. The maximum absolute atomic E-state index is 13.5. The van der Waals surface area contributed by atoms with Crippen molar-refractivity contribution in [1.29, 1.82) is 0 Å². The lowest BCUT2D eigenvalue weighted by atomic mass is 9.87. The smallest absolute Gasteiger partial charge is 0.377 e. The first-order valence-electron chi connectivity index (χ1n) is 10.9. The Bertz CT molecular complexity index is 1330. The van der Waals surface area contributed by atoms with Gasteiger partial charge in [0.1, 0.15) is 6.04 Å². The van der Waals surface area contributed by atoms with Crippen LogP contribution in [-0.4, -0.2) is 23.2 Å². The van der Waals surface area contributed by atoms with Gasteiger partial charge < -0.3 is 15.3 Å². The van der Waals surface area contributed by atoms with Crippen LogP contribution in [0.5, 0.6) is 0 Å². The summed E-state index contributed by atoms with van der Waals surface area (Å²) in [7, 11) is 0. The van der Waals surface area contributed by atoms with Gasteiger partial charge in [-0.25, -0.2) is 0 Å². The first-order valence-corrected chi connectivity index (χ1v) is 11.4. The molecule has 3 aromatic rings. The third kappa shape index (κ3) is 4.13. The molecule has 178 valence electrons. The summed E-state index contributed by atoms with van der Waals surface area (Å²) in [5, 5.41) is 13.9. The molecule has 0 radical (unpaired) electrons. The number of aliphatic hydroxyl groups is 1. The molecule has 0 aromatic heterocycles. The van der Waals surface area contributed by atoms with Crippen molar-refractivity contribution in [3.8, 4) is 0 Å². The minimum Gasteiger partial charge on any atom is -0.377 e. The van der Waals surface area contributed by atoms with Crippen molar-refractivity contribution in [2.45, 2.75) is 29.3 Å². The highest BCUT2D eigenvalue weighted by atomic mass is 32.1. The zero-order valence-corrected chi connectivity index (χ0v) is 19.2. The molecule has 2 N–H and O–H groups in total. The number of thiol groups is 1. The van der Waals surface area contributed by atoms with E-state index in [1.165, 1.54) is 11.1 Å². The van der Waals surface area contributed by atoms with Gasteiger partial charge in [-0.15, -0.1) is 12.6 Å². The number of allylic oxidation sites excluding steroid dienone is 2. The van der Waals surface area contributed by atoms with Crippen molar-refractivity contribution in [1.82, 2.24) is 5.32 Å². The van der Waals surface area contributed by atoms with Crippen LogP contribution in [0.3, 0.4) is 0 Å². The van der Waals surface area contributed by atoms with Crippen LogP contribution in [0.15, 0.2) is 96.0 Å². The fourth-order valence-corrected chi connectivity index (χ4v) is 4.61. The lowest BCUT2D eigenvalue weighted by Crippen LogP contribution is -2.40. The summed E-state index contributed by atoms with van der Waals surface area (Å²) in [6.07, 6.45) is -0.356. The molecule has 2 aliphatic rings. The molecule has 0 fully saturated rings. The van der Waals surface area contributed by atoms with Crippen LogP contribution in [0.4, 0.5) is 18.9 Å². The Kier molecular flexibility index (Phi) is 5.73. The summed E-state index contributed by atoms with van der Waals surface area (Å²) in [4.78, 5) is 15.8. The van der Waals surface area contributed by atoms with Crippen LogP contribution < -0.4 is 10.2 Å². The number of para-hydroxylation sites is 1. The van der Waals surface area contributed by atoms with E-state index in [-0.39, 0.29) is 6.54 Å². The van der Waals surface area contributed by atoms with E-state index in [0.29, 0.717) is 32.8 Å². The number of hydrogen-bond acceptors (Lipinski definition) is 4. The number of amides is 1. The first kappa shape index (κ1) is 23.3. The molecule has 5 rings (SSSR count). The molecular weight excluding hydrogens is 473 g/mol. The number of nitrogens with zero attached hydrogens (tertiary/aromatic N) is 1. The number of carbonyl (C=O) groups is 1. The van der Waals surface area contributed by atoms with Gasteiger partial charge in [-0.1, -0.05) is 54.6 Å². The van der Waals surface area contributed by atoms with Crippen LogP contribution in [0, 0.1) is 0 Å². The minimum atomic E-state index is -4.39. The molecule has 2 heterocycles. The van der Waals surface area contributed by atoms with Gasteiger partial charge in [0.05, 0.1) is 12.2 Å². The lowest BCUT2D eigenvalue weighted by Gasteiger charge is -2.24. The maximum atomic E-state index is 13.5. The molecule has 2 aliphatic heterocycles. The number of hydrogen-bond donors (Lipinski definition) is 3. The number of carbonyl (C=O) groups excluding carboxylic acids is 1. The van der Waals surface area contributed by atoms with Gasteiger partial charge in [0.15, 0.2) is 5.60 Å². The number of dihydropyridines is 1. The van der Waals surface area contributed by atoms with Gasteiger partial charge >= 0.3 is 6.18 Å². The quantitative estimate of drug-likeness (QED) is 0.438. The van der Waals surface area contributed by atoms with Gasteiger partial charge in [-0.2, -0.15) is 13.2 Å². The number of halogens is 3. The highest BCUT2D eigenvalue weighted by molar-refractivity contribution is 7.80. The average molecular weight is 495 g/mol. The molecule has 0 spiro atoms. The molecule has 2 unspecified atom stereocenters. The van der Waals surface area contributed by atoms with E-state index in [1.807, 2.05) is 0 Å². The van der Waals surface area contributed by atoms with Crippen molar-refractivity contribution < 1.29 is 23.1 Å². The molecule has 1 amide bonds. The van der Waals surface area contributed by atoms with Gasteiger partial charge in [0, 0.05) is 10.5 Å². The Hall–Kier alpha value is -3.49. The van der Waals surface area contributed by atoms with Gasteiger partial charge in [0.25, 0.3) is 5.91 Å². The molecule has 8 heteroatoms. The number of fused-ring (bicyclic) bond motifs is 1. The van der Waals surface area contributed by atoms with E-state index < -0.39 is 23.7 Å². The Morgan fingerprint density at radius 2 is 1.69 bits per heavy atom. The molecule has 3 aromatic carbocycles. The second kappa shape index (κ2) is 8.62. The minimum absolute atomic E-state index is 0.199. The summed E-state index contributed by atoms with van der Waals surface area (Å²) in [6.45, 7) is 0.199. The second-order valence-electron chi connectivity index (χ2n) is 8.50. The van der Waals surface area contributed by atoms with E-state index in [0.717, 1.165) is 11.6 Å². The molecule has 0 aliphatic carbocycles. The van der Waals surface area contributed by atoms with Crippen molar-refractivity contribution in [2.24, 2.45) is 0 Å². The van der Waals surface area contributed by atoms with Crippen LogP contribution in [-0.2, 0) is 16.9 Å². The van der Waals surface area contributed by atoms with Crippen LogP contribution in [0.2, 0.25) is 0 Å². The molecule has 35 heavy (non-hydrogen) atoms. The summed E-state index contributed by atoms with van der Waals surface area (Å²) in [6, 6.07) is 19.2. The fraction of sp³-hybridized carbons (Fsp3) is 0.148. The zero-order chi connectivity index (χ0) is 24.8. The molecule has 4 nitrogen and oxygen atoms in total. The van der Waals surface area contributed by atoms with Crippen LogP contribution >= 0.6 is 12.6 Å². The van der Waals surface area contributed by atoms with E-state index in [1.54, 1.807) is 78.9 Å². The highest BCUT2D eigenvalue weighted by Crippen LogP contribution is 2.45. The largest absolute Gasteiger partial charge is 0.412 e. The number of alkyl halides is 3. The van der Waals surface area contributed by atoms with Crippen molar-refractivity contribution in [2.75, 3.05) is 4.90 Å². The monoisotopic (exact) mass is 494 g/mol. The molecule has 0 bridgehead atoms. The SMILES string of the molecule is O=C1N(Cc2ccc(C3=CC(C(F)(F)F)NC=C3)cc2)c2ccccc2C1(O)c1ccc(S)cc1. The Morgan fingerprint density at radius 1 is 1.00 bits per heavy atom. The Morgan fingerprint density at radius 3 is 2.37 bits per heavy atom. The van der Waals surface area contributed by atoms with Crippen LogP contribution in [0.1, 0.15) is 22.3 Å². The molecule has 2 atom stereocenters. The van der Waals surface area contributed by atoms with Crippen molar-refractivity contribution in [3.05, 3.63) is 113 Å². The summed E-state index contributed by atoms with van der Waals surface area (Å²) >= 11 is 4.28. The predicted octanol–water partition coefficient (Wildman–Crippen LogP) is 5.19. The third-order valence-electron chi connectivity index (χ3n) is 6.29. The van der Waals surface area contributed by atoms with Crippen molar-refractivity contribution in [3.63, 3.8) is 0 Å². The molecule has 0 saturated carbocycles. The Labute approximate surface area is 205 Å². The van der Waals surface area contributed by atoms with Crippen molar-refractivity contribution >= 4 is 29.8 Å². The Balaban J connectivity index is 1.43. The zero-order valence-electron chi connectivity index (χ0n) is 18.3. The lowest BCUT2D eigenvalue weighted by molar-refractivity contribution is -0.142. The molecule has 0 saturated heterocycles. The number of benzene rings is 3. The first-order chi connectivity index (χ1) is 16.7. The van der Waals surface area contributed by atoms with Gasteiger partial charge in [-0.3, -0.25) is 4.79 Å². The van der Waals surface area contributed by atoms with E-state index in [9.17, 15) is 23.1 Å². The van der Waals surface area contributed by atoms with Gasteiger partial charge in [-0.05, 0) is 58.8 Å². The van der Waals surface area contributed by atoms with E-state index >= 15 is 0 Å². The number of nitrogens with one attached hydrogen (secondary N) is 1. The fourth-order valence-electron chi connectivity index (χ4n) is 4.46. The van der Waals surface area contributed by atoms with Crippen LogP contribution in [0.25, 0.3) is 5.57 Å².